The molecular formula is C15H14N8O2. The number of hydrogen-bond acceptors (Lipinski definition) is 7. The Morgan fingerprint density at radius 1 is 1.32 bits per heavy atom. The highest BCUT2D eigenvalue weighted by Gasteiger charge is 2.17. The van der Waals surface area contributed by atoms with Gasteiger partial charge in [-0.05, 0) is 6.07 Å². The largest absolute Gasteiger partial charge is 0.479 e. The smallest absolute Gasteiger partial charge is 0.269 e. The lowest BCUT2D eigenvalue weighted by Gasteiger charge is -2.07. The first kappa shape index (κ1) is 14.9. The van der Waals surface area contributed by atoms with Crippen molar-refractivity contribution in [2.45, 2.75) is 0 Å². The number of nitrogens with one attached hydrogen (secondary N) is 1. The van der Waals surface area contributed by atoms with Crippen LogP contribution in [0, 0.1) is 0 Å². The van der Waals surface area contributed by atoms with E-state index in [0.717, 1.165) is 11.1 Å². The number of carbonyl (C=O) groups is 1. The molecule has 0 aliphatic carbocycles. The van der Waals surface area contributed by atoms with Crippen LogP contribution < -0.4 is 15.8 Å². The fourth-order valence-electron chi connectivity index (χ4n) is 2.69. The standard InChI is InChI=1S/C15H14N8O2/c1-17-12(24)10-6-19-15-18-5-8(7-22(10)15)9-3-4-23-11(9)13(25-2)20-14(16)21-23/h3-7H,1-2H3,(H2,16,21)(H,17,24). The highest BCUT2D eigenvalue weighted by atomic mass is 16.5. The first-order chi connectivity index (χ1) is 12.1. The monoisotopic (exact) mass is 338 g/mol. The molecule has 0 spiro atoms. The maximum atomic E-state index is 12.0. The van der Waals surface area contributed by atoms with E-state index in [1.807, 2.05) is 6.07 Å². The number of rotatable bonds is 3. The molecule has 0 bridgehead atoms. The summed E-state index contributed by atoms with van der Waals surface area (Å²) in [5.41, 5.74) is 8.28. The Morgan fingerprint density at radius 2 is 2.12 bits per heavy atom. The number of methoxy groups -OCH3 is 1. The number of ether oxygens (including phenoxy) is 1. The van der Waals surface area contributed by atoms with Crippen LogP contribution in [0.5, 0.6) is 5.88 Å². The maximum absolute atomic E-state index is 12.0. The summed E-state index contributed by atoms with van der Waals surface area (Å²) in [4.78, 5) is 24.5. The molecule has 0 aromatic carbocycles. The Bertz CT molecular complexity index is 1110. The highest BCUT2D eigenvalue weighted by Crippen LogP contribution is 2.30. The number of nitrogens with two attached hydrogens (primary N) is 1. The Hall–Kier alpha value is -3.69. The van der Waals surface area contributed by atoms with E-state index >= 15 is 0 Å². The van der Waals surface area contributed by atoms with E-state index in [4.69, 9.17) is 10.5 Å². The second kappa shape index (κ2) is 5.44. The topological polar surface area (TPSA) is 125 Å². The Labute approximate surface area is 141 Å². The fourth-order valence-corrected chi connectivity index (χ4v) is 2.69. The van der Waals surface area contributed by atoms with Crippen LogP contribution in [0.4, 0.5) is 5.95 Å². The average Bonchev–Trinajstić information content (AvgIpc) is 3.23. The van der Waals surface area contributed by atoms with Gasteiger partial charge in [0.2, 0.25) is 17.6 Å². The SMILES string of the molecule is CNC(=O)c1cnc2ncc(-c3ccn4nc(N)nc(OC)c34)cn12. The van der Waals surface area contributed by atoms with Gasteiger partial charge in [0.15, 0.2) is 0 Å². The Morgan fingerprint density at radius 3 is 2.88 bits per heavy atom. The van der Waals surface area contributed by atoms with E-state index in [0.29, 0.717) is 22.9 Å². The van der Waals surface area contributed by atoms with Crippen LogP contribution in [0.2, 0.25) is 0 Å². The van der Waals surface area contributed by atoms with E-state index in [9.17, 15) is 4.79 Å². The number of anilines is 1. The predicted octanol–water partition coefficient (Wildman–Crippen LogP) is 0.389. The highest BCUT2D eigenvalue weighted by molar-refractivity contribution is 5.93. The minimum Gasteiger partial charge on any atom is -0.479 e. The van der Waals surface area contributed by atoms with E-state index in [1.54, 1.807) is 34.6 Å². The summed E-state index contributed by atoms with van der Waals surface area (Å²) in [5.74, 6) is 0.640. The molecule has 3 N–H and O–H groups in total. The quantitative estimate of drug-likeness (QED) is 0.553. The van der Waals surface area contributed by atoms with Crippen LogP contribution in [0.25, 0.3) is 22.4 Å². The van der Waals surface area contributed by atoms with Crippen molar-refractivity contribution < 1.29 is 9.53 Å². The van der Waals surface area contributed by atoms with Crippen molar-refractivity contribution >= 4 is 23.1 Å². The second-order valence-electron chi connectivity index (χ2n) is 5.24. The van der Waals surface area contributed by atoms with Gasteiger partial charge in [-0.1, -0.05) is 0 Å². The molecule has 4 heterocycles. The van der Waals surface area contributed by atoms with Gasteiger partial charge in [-0.2, -0.15) is 4.98 Å². The second-order valence-corrected chi connectivity index (χ2v) is 5.24. The summed E-state index contributed by atoms with van der Waals surface area (Å²) in [6.45, 7) is 0. The lowest BCUT2D eigenvalue weighted by atomic mass is 10.1. The summed E-state index contributed by atoms with van der Waals surface area (Å²) >= 11 is 0. The van der Waals surface area contributed by atoms with Crippen molar-refractivity contribution in [3.63, 3.8) is 0 Å². The summed E-state index contributed by atoms with van der Waals surface area (Å²) in [7, 11) is 3.08. The van der Waals surface area contributed by atoms with Gasteiger partial charge in [-0.3, -0.25) is 9.20 Å². The molecule has 25 heavy (non-hydrogen) atoms. The number of fused-ring (bicyclic) bond motifs is 2. The van der Waals surface area contributed by atoms with E-state index in [2.05, 4.69) is 25.4 Å². The molecule has 4 aromatic rings. The van der Waals surface area contributed by atoms with Gasteiger partial charge in [-0.15, -0.1) is 5.10 Å². The third-order valence-electron chi connectivity index (χ3n) is 3.82. The lowest BCUT2D eigenvalue weighted by Crippen LogP contribution is -2.19. The first-order valence-electron chi connectivity index (χ1n) is 7.36. The zero-order valence-corrected chi connectivity index (χ0v) is 13.5. The summed E-state index contributed by atoms with van der Waals surface area (Å²) < 4.78 is 8.54. The molecule has 4 rings (SSSR count). The number of hydrogen-bond donors (Lipinski definition) is 2. The molecule has 0 saturated heterocycles. The Balaban J connectivity index is 1.96. The molecule has 126 valence electrons. The van der Waals surface area contributed by atoms with Crippen LogP contribution in [0.15, 0.2) is 30.9 Å². The van der Waals surface area contributed by atoms with Gasteiger partial charge < -0.3 is 15.8 Å². The van der Waals surface area contributed by atoms with Crippen LogP contribution >= 0.6 is 0 Å². The molecular weight excluding hydrogens is 324 g/mol. The van der Waals surface area contributed by atoms with Crippen molar-refractivity contribution in [1.29, 1.82) is 0 Å². The molecule has 0 saturated carbocycles. The number of imidazole rings is 1. The lowest BCUT2D eigenvalue weighted by molar-refractivity contribution is 0.0957. The third kappa shape index (κ3) is 2.23. The van der Waals surface area contributed by atoms with Crippen LogP contribution in [-0.2, 0) is 0 Å². The van der Waals surface area contributed by atoms with Gasteiger partial charge in [0.1, 0.15) is 11.2 Å². The van der Waals surface area contributed by atoms with Gasteiger partial charge in [0, 0.05) is 36.8 Å². The van der Waals surface area contributed by atoms with Crippen LogP contribution in [0.3, 0.4) is 0 Å². The number of aromatic nitrogens is 6. The molecule has 0 fully saturated rings. The molecule has 0 aliphatic rings. The average molecular weight is 338 g/mol. The minimum atomic E-state index is -0.248. The molecule has 1 amide bonds. The third-order valence-corrected chi connectivity index (χ3v) is 3.82. The van der Waals surface area contributed by atoms with Crippen molar-refractivity contribution in [3.05, 3.63) is 36.5 Å². The molecule has 0 aliphatic heterocycles. The van der Waals surface area contributed by atoms with Gasteiger partial charge in [0.05, 0.1) is 13.3 Å². The van der Waals surface area contributed by atoms with Gasteiger partial charge >= 0.3 is 0 Å². The van der Waals surface area contributed by atoms with Crippen LogP contribution in [-0.4, -0.2) is 49.0 Å². The van der Waals surface area contributed by atoms with Gasteiger partial charge in [-0.25, -0.2) is 14.5 Å². The maximum Gasteiger partial charge on any atom is 0.269 e. The minimum absolute atomic E-state index is 0.108. The van der Waals surface area contributed by atoms with Crippen LogP contribution in [0.1, 0.15) is 10.5 Å². The number of nitrogens with zero attached hydrogens (tertiary/aromatic N) is 6. The van der Waals surface area contributed by atoms with Crippen molar-refractivity contribution in [1.82, 2.24) is 34.3 Å². The molecule has 0 atom stereocenters. The zero-order chi connectivity index (χ0) is 17.6. The fraction of sp³-hybridized carbons (Fsp3) is 0.133. The normalized spacial score (nSPS) is 11.1. The first-order valence-corrected chi connectivity index (χ1v) is 7.36. The molecule has 0 unspecified atom stereocenters. The van der Waals surface area contributed by atoms with E-state index in [-0.39, 0.29) is 11.9 Å². The molecule has 4 aromatic heterocycles. The number of carbonyl (C=O) groups excluding carboxylic acids is 1. The Kier molecular flexibility index (Phi) is 3.24. The molecule has 10 nitrogen and oxygen atoms in total. The number of amides is 1. The predicted molar refractivity (Wildman–Crippen MR) is 89.3 cm³/mol. The summed E-state index contributed by atoms with van der Waals surface area (Å²) in [5, 5.41) is 6.72. The van der Waals surface area contributed by atoms with Crippen molar-refractivity contribution in [3.8, 4) is 17.0 Å². The molecule has 0 radical (unpaired) electrons. The van der Waals surface area contributed by atoms with Gasteiger partial charge in [0.25, 0.3) is 5.91 Å². The van der Waals surface area contributed by atoms with Crippen molar-refractivity contribution in [2.24, 2.45) is 0 Å². The number of nitrogen functional groups attached to an aromatic ring is 1. The van der Waals surface area contributed by atoms with Crippen molar-refractivity contribution in [2.75, 3.05) is 19.9 Å². The summed E-state index contributed by atoms with van der Waals surface area (Å²) in [6.07, 6.45) is 6.68. The molecule has 10 heteroatoms. The van der Waals surface area contributed by atoms with E-state index in [1.165, 1.54) is 13.3 Å². The zero-order valence-electron chi connectivity index (χ0n) is 13.5. The summed E-state index contributed by atoms with van der Waals surface area (Å²) in [6, 6.07) is 1.85. The van der Waals surface area contributed by atoms with E-state index < -0.39 is 0 Å².